The molecule has 2 N–H and O–H groups in total. The summed E-state index contributed by atoms with van der Waals surface area (Å²) < 4.78 is 0.886. The smallest absolute Gasteiger partial charge is 0.328 e. The lowest BCUT2D eigenvalue weighted by molar-refractivity contribution is -0.131. The molecule has 0 spiro atoms. The molecule has 0 aliphatic rings. The highest BCUT2D eigenvalue weighted by Crippen LogP contribution is 2.32. The third-order valence-corrected chi connectivity index (χ3v) is 3.19. The molecule has 0 atom stereocenters. The Bertz CT molecular complexity index is 651. The Kier molecular flexibility index (Phi) is 3.59. The Morgan fingerprint density at radius 3 is 2.89 bits per heavy atom. The third-order valence-electron chi connectivity index (χ3n) is 2.08. The zero-order chi connectivity index (χ0) is 13.1. The fourth-order valence-corrected chi connectivity index (χ4v) is 2.22. The van der Waals surface area contributed by atoms with Gasteiger partial charge in [-0.1, -0.05) is 11.6 Å². The molecule has 0 fully saturated rings. The second-order valence-electron chi connectivity index (χ2n) is 3.28. The molecule has 0 bridgehead atoms. The molecular formula is C11H7ClN2O3S. The number of amides is 1. The van der Waals surface area contributed by atoms with E-state index in [1.807, 2.05) is 0 Å². The number of anilines is 1. The average molecular weight is 283 g/mol. The molecule has 1 aromatic carbocycles. The van der Waals surface area contributed by atoms with Crippen LogP contribution in [-0.2, 0) is 9.59 Å². The van der Waals surface area contributed by atoms with Crippen LogP contribution in [0.15, 0.2) is 29.8 Å². The SMILES string of the molecule is O=C(O)/C=C/C(=O)Nc1c(Cl)ccc2scnc12. The molecule has 1 amide bonds. The van der Waals surface area contributed by atoms with E-state index in [0.29, 0.717) is 16.2 Å². The summed E-state index contributed by atoms with van der Waals surface area (Å²) in [6.07, 6.45) is 1.67. The Morgan fingerprint density at radius 1 is 1.39 bits per heavy atom. The van der Waals surface area contributed by atoms with Crippen LogP contribution in [0.3, 0.4) is 0 Å². The first-order valence-electron chi connectivity index (χ1n) is 4.81. The predicted molar refractivity (Wildman–Crippen MR) is 70.0 cm³/mol. The number of halogens is 1. The van der Waals surface area contributed by atoms with Gasteiger partial charge in [-0.25, -0.2) is 9.78 Å². The molecule has 0 saturated carbocycles. The molecule has 92 valence electrons. The van der Waals surface area contributed by atoms with Gasteiger partial charge in [0.2, 0.25) is 5.91 Å². The number of carbonyl (C=O) groups excluding carboxylic acids is 1. The molecule has 0 aliphatic heterocycles. The summed E-state index contributed by atoms with van der Waals surface area (Å²) in [5.74, 6) is -1.76. The molecular weight excluding hydrogens is 276 g/mol. The number of carboxylic acid groups (broad SMARTS) is 1. The van der Waals surface area contributed by atoms with Crippen molar-refractivity contribution < 1.29 is 14.7 Å². The number of nitrogens with zero attached hydrogens (tertiary/aromatic N) is 1. The van der Waals surface area contributed by atoms with Gasteiger partial charge in [-0.15, -0.1) is 11.3 Å². The highest BCUT2D eigenvalue weighted by Gasteiger charge is 2.10. The summed E-state index contributed by atoms with van der Waals surface area (Å²) in [6.45, 7) is 0. The summed E-state index contributed by atoms with van der Waals surface area (Å²) in [7, 11) is 0. The number of hydrogen-bond acceptors (Lipinski definition) is 4. The van der Waals surface area contributed by atoms with Crippen molar-refractivity contribution in [1.29, 1.82) is 0 Å². The molecule has 0 aliphatic carbocycles. The van der Waals surface area contributed by atoms with Gasteiger partial charge in [0.05, 0.1) is 20.9 Å². The second-order valence-corrected chi connectivity index (χ2v) is 4.58. The standard InChI is InChI=1S/C11H7ClN2O3S/c12-6-1-2-7-11(13-5-18-7)10(6)14-8(15)3-4-9(16)17/h1-5H,(H,14,15)(H,16,17)/b4-3+. The highest BCUT2D eigenvalue weighted by molar-refractivity contribution is 7.16. The lowest BCUT2D eigenvalue weighted by Crippen LogP contribution is -2.09. The zero-order valence-electron chi connectivity index (χ0n) is 8.88. The van der Waals surface area contributed by atoms with Crippen LogP contribution in [0.5, 0.6) is 0 Å². The van der Waals surface area contributed by atoms with E-state index < -0.39 is 11.9 Å². The molecule has 2 rings (SSSR count). The molecule has 0 saturated heterocycles. The monoisotopic (exact) mass is 282 g/mol. The number of benzene rings is 1. The van der Waals surface area contributed by atoms with Crippen molar-refractivity contribution >= 4 is 50.7 Å². The minimum absolute atomic E-state index is 0.352. The summed E-state index contributed by atoms with van der Waals surface area (Å²) in [6, 6.07) is 3.46. The van der Waals surface area contributed by atoms with Crippen molar-refractivity contribution in [3.05, 3.63) is 34.8 Å². The predicted octanol–water partition coefficient (Wildman–Crippen LogP) is 2.53. The zero-order valence-corrected chi connectivity index (χ0v) is 10.5. The van der Waals surface area contributed by atoms with E-state index >= 15 is 0 Å². The molecule has 1 heterocycles. The van der Waals surface area contributed by atoms with E-state index in [4.69, 9.17) is 16.7 Å². The van der Waals surface area contributed by atoms with Crippen LogP contribution in [0.25, 0.3) is 10.2 Å². The number of thiazole rings is 1. The van der Waals surface area contributed by atoms with Crippen molar-refractivity contribution in [3.63, 3.8) is 0 Å². The lowest BCUT2D eigenvalue weighted by atomic mass is 10.3. The number of nitrogens with one attached hydrogen (secondary N) is 1. The highest BCUT2D eigenvalue weighted by atomic mass is 35.5. The quantitative estimate of drug-likeness (QED) is 0.848. The summed E-state index contributed by atoms with van der Waals surface area (Å²) in [5.41, 5.74) is 2.61. The van der Waals surface area contributed by atoms with E-state index in [0.717, 1.165) is 16.9 Å². The molecule has 0 unspecified atom stereocenters. The van der Waals surface area contributed by atoms with Crippen molar-refractivity contribution in [3.8, 4) is 0 Å². The summed E-state index contributed by atoms with van der Waals surface area (Å²) in [5, 5.41) is 11.3. The van der Waals surface area contributed by atoms with Crippen molar-refractivity contribution in [2.75, 3.05) is 5.32 Å². The molecule has 2 aromatic rings. The lowest BCUT2D eigenvalue weighted by Gasteiger charge is -2.05. The van der Waals surface area contributed by atoms with E-state index in [-0.39, 0.29) is 0 Å². The number of carboxylic acids is 1. The second kappa shape index (κ2) is 5.16. The first-order chi connectivity index (χ1) is 8.58. The van der Waals surface area contributed by atoms with Gasteiger partial charge in [-0.3, -0.25) is 4.79 Å². The Hall–Kier alpha value is -1.92. The first-order valence-corrected chi connectivity index (χ1v) is 6.07. The maximum absolute atomic E-state index is 11.5. The Labute approximate surface area is 111 Å². The van der Waals surface area contributed by atoms with Gasteiger partial charge < -0.3 is 10.4 Å². The largest absolute Gasteiger partial charge is 0.478 e. The molecule has 7 heteroatoms. The van der Waals surface area contributed by atoms with Crippen LogP contribution in [0.4, 0.5) is 5.69 Å². The summed E-state index contributed by atoms with van der Waals surface area (Å²) in [4.78, 5) is 25.9. The van der Waals surface area contributed by atoms with E-state index in [9.17, 15) is 9.59 Å². The van der Waals surface area contributed by atoms with E-state index in [1.165, 1.54) is 11.3 Å². The average Bonchev–Trinajstić information content (AvgIpc) is 2.78. The van der Waals surface area contributed by atoms with Gasteiger partial charge in [-0.05, 0) is 12.1 Å². The summed E-state index contributed by atoms with van der Waals surface area (Å²) >= 11 is 7.40. The van der Waals surface area contributed by atoms with Gasteiger partial charge in [0.25, 0.3) is 0 Å². The number of aromatic nitrogens is 1. The maximum atomic E-state index is 11.5. The van der Waals surface area contributed by atoms with Gasteiger partial charge in [0.15, 0.2) is 0 Å². The van der Waals surface area contributed by atoms with Gasteiger partial charge in [-0.2, -0.15) is 0 Å². The minimum Gasteiger partial charge on any atom is -0.478 e. The minimum atomic E-state index is -1.19. The van der Waals surface area contributed by atoms with Gasteiger partial charge in [0, 0.05) is 12.2 Å². The van der Waals surface area contributed by atoms with Crippen LogP contribution >= 0.6 is 22.9 Å². The van der Waals surface area contributed by atoms with Crippen LogP contribution in [-0.4, -0.2) is 22.0 Å². The number of fused-ring (bicyclic) bond motifs is 1. The van der Waals surface area contributed by atoms with Crippen LogP contribution in [0.1, 0.15) is 0 Å². The van der Waals surface area contributed by atoms with Crippen LogP contribution in [0, 0.1) is 0 Å². The maximum Gasteiger partial charge on any atom is 0.328 e. The number of aliphatic carboxylic acids is 1. The fraction of sp³-hybridized carbons (Fsp3) is 0. The number of carbonyl (C=O) groups is 2. The van der Waals surface area contributed by atoms with E-state index in [2.05, 4.69) is 10.3 Å². The number of rotatable bonds is 3. The Balaban J connectivity index is 2.31. The normalized spacial score (nSPS) is 10.9. The fourth-order valence-electron chi connectivity index (χ4n) is 1.34. The molecule has 1 aromatic heterocycles. The third kappa shape index (κ3) is 2.66. The van der Waals surface area contributed by atoms with Gasteiger partial charge >= 0.3 is 5.97 Å². The van der Waals surface area contributed by atoms with Crippen LogP contribution < -0.4 is 5.32 Å². The topological polar surface area (TPSA) is 79.3 Å². The Morgan fingerprint density at radius 2 is 2.17 bits per heavy atom. The molecule has 0 radical (unpaired) electrons. The first kappa shape index (κ1) is 12.5. The molecule has 18 heavy (non-hydrogen) atoms. The number of hydrogen-bond donors (Lipinski definition) is 2. The van der Waals surface area contributed by atoms with Crippen molar-refractivity contribution in [2.45, 2.75) is 0 Å². The van der Waals surface area contributed by atoms with Crippen LogP contribution in [0.2, 0.25) is 5.02 Å². The molecule has 5 nitrogen and oxygen atoms in total. The van der Waals surface area contributed by atoms with E-state index in [1.54, 1.807) is 17.6 Å². The van der Waals surface area contributed by atoms with Gasteiger partial charge in [0.1, 0.15) is 5.52 Å². The van der Waals surface area contributed by atoms with Crippen molar-refractivity contribution in [2.24, 2.45) is 0 Å². The van der Waals surface area contributed by atoms with Crippen molar-refractivity contribution in [1.82, 2.24) is 4.98 Å².